The third kappa shape index (κ3) is 5.26. The molecule has 0 saturated carbocycles. The van der Waals surface area contributed by atoms with E-state index in [9.17, 15) is 18.8 Å². The van der Waals surface area contributed by atoms with E-state index in [-0.39, 0.29) is 30.2 Å². The van der Waals surface area contributed by atoms with Gasteiger partial charge in [0.1, 0.15) is 5.82 Å². The largest absolute Gasteiger partial charge is 0.438 e. The average Bonchev–Trinajstić information content (AvgIpc) is 3.44. The number of cyclic esters (lactones) is 1. The zero-order chi connectivity index (χ0) is 24.2. The third-order valence-electron chi connectivity index (χ3n) is 5.27. The first-order chi connectivity index (χ1) is 16.3. The second-order valence-corrected chi connectivity index (χ2v) is 9.17. The average molecular weight is 482 g/mol. The second-order valence-electron chi connectivity index (χ2n) is 8.22. The van der Waals surface area contributed by atoms with E-state index in [1.807, 2.05) is 19.2 Å². The highest BCUT2D eigenvalue weighted by Gasteiger charge is 2.47. The molecule has 176 valence electrons. The predicted octanol–water partition coefficient (Wildman–Crippen LogP) is 4.73. The lowest BCUT2D eigenvalue weighted by Crippen LogP contribution is -2.48. The van der Waals surface area contributed by atoms with Gasteiger partial charge in [-0.05, 0) is 60.7 Å². The summed E-state index contributed by atoms with van der Waals surface area (Å²) in [5, 5.41) is 7.50. The first-order valence-electron chi connectivity index (χ1n) is 10.8. The Morgan fingerprint density at radius 3 is 2.56 bits per heavy atom. The maximum absolute atomic E-state index is 13.3. The van der Waals surface area contributed by atoms with Crippen molar-refractivity contribution >= 4 is 34.9 Å². The van der Waals surface area contributed by atoms with Gasteiger partial charge in [0.15, 0.2) is 12.1 Å². The fourth-order valence-electron chi connectivity index (χ4n) is 3.76. The number of carbonyl (C=O) groups is 3. The summed E-state index contributed by atoms with van der Waals surface area (Å²) >= 11 is 1.33. The molecule has 4 rings (SSSR count). The maximum Gasteiger partial charge on any atom is 0.411 e. The van der Waals surface area contributed by atoms with Gasteiger partial charge in [-0.25, -0.2) is 9.18 Å². The van der Waals surface area contributed by atoms with Gasteiger partial charge < -0.3 is 15.4 Å². The smallest absolute Gasteiger partial charge is 0.411 e. The molecule has 1 aliphatic rings. The lowest BCUT2D eigenvalue weighted by Gasteiger charge is -2.25. The SMILES string of the molecule is CC(C)NC(=O)[C@H]1[C@H](c2cccc(NC(=O)c3cccs3)c2)OC(=O)N1Cc1ccc(F)cc1. The Morgan fingerprint density at radius 1 is 1.12 bits per heavy atom. The summed E-state index contributed by atoms with van der Waals surface area (Å²) in [5.41, 5.74) is 1.76. The van der Waals surface area contributed by atoms with E-state index in [4.69, 9.17) is 4.74 Å². The Hall–Kier alpha value is -3.72. The quantitative estimate of drug-likeness (QED) is 0.511. The molecule has 3 aromatic rings. The molecule has 0 aliphatic carbocycles. The third-order valence-corrected chi connectivity index (χ3v) is 6.14. The van der Waals surface area contributed by atoms with Gasteiger partial charge in [-0.3, -0.25) is 14.5 Å². The van der Waals surface area contributed by atoms with Crippen LogP contribution in [0.15, 0.2) is 66.0 Å². The van der Waals surface area contributed by atoms with Gasteiger partial charge in [0, 0.05) is 11.7 Å². The Morgan fingerprint density at radius 2 is 1.88 bits per heavy atom. The second kappa shape index (κ2) is 10.0. The van der Waals surface area contributed by atoms with Crippen molar-refractivity contribution in [3.63, 3.8) is 0 Å². The molecular formula is C25H24FN3O4S. The van der Waals surface area contributed by atoms with Crippen molar-refractivity contribution in [2.45, 2.75) is 38.6 Å². The number of benzene rings is 2. The van der Waals surface area contributed by atoms with Gasteiger partial charge >= 0.3 is 6.09 Å². The molecule has 2 heterocycles. The zero-order valence-electron chi connectivity index (χ0n) is 18.7. The van der Waals surface area contributed by atoms with Crippen LogP contribution < -0.4 is 10.6 Å². The Balaban J connectivity index is 1.61. The number of anilines is 1. The number of hydrogen-bond acceptors (Lipinski definition) is 5. The topological polar surface area (TPSA) is 87.7 Å². The molecule has 9 heteroatoms. The van der Waals surface area contributed by atoms with Crippen molar-refractivity contribution in [3.05, 3.63) is 87.9 Å². The van der Waals surface area contributed by atoms with Crippen LogP contribution in [0.4, 0.5) is 14.9 Å². The monoisotopic (exact) mass is 481 g/mol. The summed E-state index contributed by atoms with van der Waals surface area (Å²) in [6, 6.07) is 15.1. The zero-order valence-corrected chi connectivity index (χ0v) is 19.5. The van der Waals surface area contributed by atoms with Gasteiger partial charge in [-0.2, -0.15) is 0 Å². The fourth-order valence-corrected chi connectivity index (χ4v) is 4.38. The highest BCUT2D eigenvalue weighted by atomic mass is 32.1. The van der Waals surface area contributed by atoms with Gasteiger partial charge in [-0.1, -0.05) is 30.3 Å². The molecule has 1 fully saturated rings. The number of nitrogens with one attached hydrogen (secondary N) is 2. The molecule has 1 saturated heterocycles. The number of halogens is 1. The minimum absolute atomic E-state index is 0.0839. The molecular weight excluding hydrogens is 457 g/mol. The van der Waals surface area contributed by atoms with Gasteiger partial charge in [0.25, 0.3) is 5.91 Å². The van der Waals surface area contributed by atoms with Gasteiger partial charge in [-0.15, -0.1) is 11.3 Å². The standard InChI is InChI=1S/C25H24FN3O4S/c1-15(2)27-24(31)21-22(33-25(32)29(21)14-16-8-10-18(26)11-9-16)17-5-3-6-19(13-17)28-23(30)20-7-4-12-34-20/h3-13,15,21-22H,14H2,1-2H3,(H,27,31)(H,28,30)/t21-,22+/m1/s1. The van der Waals surface area contributed by atoms with Crippen LogP contribution in [0, 0.1) is 5.82 Å². The summed E-state index contributed by atoms with van der Waals surface area (Å²) in [6.07, 6.45) is -1.53. The normalized spacial score (nSPS) is 17.5. The first kappa shape index (κ1) is 23.4. The Bertz CT molecular complexity index is 1180. The summed E-state index contributed by atoms with van der Waals surface area (Å²) < 4.78 is 19.0. The summed E-state index contributed by atoms with van der Waals surface area (Å²) in [6.45, 7) is 3.74. The highest BCUT2D eigenvalue weighted by Crippen LogP contribution is 2.35. The molecule has 0 bridgehead atoms. The summed E-state index contributed by atoms with van der Waals surface area (Å²) in [5.74, 6) is -0.996. The minimum atomic E-state index is -0.941. The number of ether oxygens (including phenoxy) is 1. The number of amides is 3. The van der Waals surface area contributed by atoms with Crippen LogP contribution in [0.5, 0.6) is 0 Å². The van der Waals surface area contributed by atoms with Crippen molar-refractivity contribution in [3.8, 4) is 0 Å². The fraction of sp³-hybridized carbons (Fsp3) is 0.240. The van der Waals surface area contributed by atoms with E-state index in [0.717, 1.165) is 0 Å². The van der Waals surface area contributed by atoms with Crippen molar-refractivity contribution in [1.82, 2.24) is 10.2 Å². The highest BCUT2D eigenvalue weighted by molar-refractivity contribution is 7.12. The molecule has 0 unspecified atom stereocenters. The summed E-state index contributed by atoms with van der Waals surface area (Å²) in [4.78, 5) is 40.3. The van der Waals surface area contributed by atoms with Crippen molar-refractivity contribution in [2.24, 2.45) is 0 Å². The van der Waals surface area contributed by atoms with Crippen LogP contribution in [0.25, 0.3) is 0 Å². The first-order valence-corrected chi connectivity index (χ1v) is 11.7. The van der Waals surface area contributed by atoms with E-state index in [1.54, 1.807) is 48.5 Å². The molecule has 7 nitrogen and oxygen atoms in total. The van der Waals surface area contributed by atoms with Gasteiger partial charge in [0.2, 0.25) is 5.91 Å². The van der Waals surface area contributed by atoms with Crippen LogP contribution in [-0.4, -0.2) is 34.9 Å². The number of hydrogen-bond donors (Lipinski definition) is 2. The maximum atomic E-state index is 13.3. The van der Waals surface area contributed by atoms with E-state index < -0.39 is 18.2 Å². The van der Waals surface area contributed by atoms with Crippen molar-refractivity contribution < 1.29 is 23.5 Å². The number of carbonyl (C=O) groups excluding carboxylic acids is 3. The van der Waals surface area contributed by atoms with Crippen LogP contribution in [-0.2, 0) is 16.1 Å². The van der Waals surface area contributed by atoms with E-state index >= 15 is 0 Å². The molecule has 2 aromatic carbocycles. The molecule has 0 radical (unpaired) electrons. The number of thiophene rings is 1. The lowest BCUT2D eigenvalue weighted by molar-refractivity contribution is -0.126. The molecule has 0 spiro atoms. The Labute approximate surface area is 200 Å². The lowest BCUT2D eigenvalue weighted by atomic mass is 9.99. The number of rotatable bonds is 7. The molecule has 1 aromatic heterocycles. The van der Waals surface area contributed by atoms with E-state index in [1.165, 1.54) is 28.4 Å². The van der Waals surface area contributed by atoms with E-state index in [0.29, 0.717) is 21.7 Å². The number of nitrogens with zero attached hydrogens (tertiary/aromatic N) is 1. The van der Waals surface area contributed by atoms with Crippen LogP contribution in [0.2, 0.25) is 0 Å². The summed E-state index contributed by atoms with van der Waals surface area (Å²) in [7, 11) is 0. The van der Waals surface area contributed by atoms with E-state index in [2.05, 4.69) is 10.6 Å². The molecule has 34 heavy (non-hydrogen) atoms. The minimum Gasteiger partial charge on any atom is -0.438 e. The molecule has 3 amide bonds. The van der Waals surface area contributed by atoms with Crippen LogP contribution in [0.3, 0.4) is 0 Å². The van der Waals surface area contributed by atoms with Crippen molar-refractivity contribution in [1.29, 1.82) is 0 Å². The van der Waals surface area contributed by atoms with Gasteiger partial charge in [0.05, 0.1) is 11.4 Å². The Kier molecular flexibility index (Phi) is 6.93. The van der Waals surface area contributed by atoms with Crippen molar-refractivity contribution in [2.75, 3.05) is 5.32 Å². The molecule has 1 aliphatic heterocycles. The van der Waals surface area contributed by atoms with Crippen LogP contribution >= 0.6 is 11.3 Å². The van der Waals surface area contributed by atoms with Crippen LogP contribution in [0.1, 0.15) is 40.8 Å². The molecule has 2 N–H and O–H groups in total. The molecule has 2 atom stereocenters. The predicted molar refractivity (Wildman–Crippen MR) is 127 cm³/mol.